The van der Waals surface area contributed by atoms with Crippen LogP contribution in [0.25, 0.3) is 11.4 Å². The highest BCUT2D eigenvalue weighted by Crippen LogP contribution is 2.27. The number of nitrogens with one attached hydrogen (secondary N) is 1. The van der Waals surface area contributed by atoms with Crippen LogP contribution in [0.4, 0.5) is 5.95 Å². The second-order valence-corrected chi connectivity index (χ2v) is 3.80. The molecule has 2 rings (SSSR count). The van der Waals surface area contributed by atoms with Crippen molar-refractivity contribution >= 4 is 11.9 Å². The molecule has 0 atom stereocenters. The third-order valence-electron chi connectivity index (χ3n) is 2.58. The molecule has 4 N–H and O–H groups in total. The van der Waals surface area contributed by atoms with E-state index in [9.17, 15) is 9.90 Å². The quantitative estimate of drug-likeness (QED) is 0.725. The van der Waals surface area contributed by atoms with Gasteiger partial charge in [0.05, 0.1) is 5.56 Å². The van der Waals surface area contributed by atoms with Gasteiger partial charge in [0.15, 0.2) is 5.82 Å². The van der Waals surface area contributed by atoms with Gasteiger partial charge >= 0.3 is 5.97 Å². The first-order valence-electron chi connectivity index (χ1n) is 5.02. The van der Waals surface area contributed by atoms with Crippen LogP contribution in [0.1, 0.15) is 21.5 Å². The number of aromatic carboxylic acids is 1. The molecule has 2 aromatic rings. The first-order valence-corrected chi connectivity index (χ1v) is 5.02. The predicted octanol–water partition coefficient (Wildman–Crippen LogP) is 1.37. The molecule has 0 spiro atoms. The van der Waals surface area contributed by atoms with Gasteiger partial charge < -0.3 is 10.8 Å². The summed E-state index contributed by atoms with van der Waals surface area (Å²) in [5, 5.41) is 15.6. The smallest absolute Gasteiger partial charge is 0.336 e. The van der Waals surface area contributed by atoms with Gasteiger partial charge in [-0.1, -0.05) is 12.1 Å². The highest BCUT2D eigenvalue weighted by Gasteiger charge is 2.19. The molecule has 0 unspecified atom stereocenters. The van der Waals surface area contributed by atoms with Crippen molar-refractivity contribution in [3.63, 3.8) is 0 Å². The molecule has 0 radical (unpaired) electrons. The monoisotopic (exact) mass is 232 g/mol. The molecule has 0 saturated carbocycles. The highest BCUT2D eigenvalue weighted by molar-refractivity contribution is 5.97. The summed E-state index contributed by atoms with van der Waals surface area (Å²) >= 11 is 0. The van der Waals surface area contributed by atoms with Crippen molar-refractivity contribution < 1.29 is 9.90 Å². The molecule has 0 aliphatic heterocycles. The minimum atomic E-state index is -0.990. The number of hydrogen-bond acceptors (Lipinski definition) is 4. The van der Waals surface area contributed by atoms with E-state index in [2.05, 4.69) is 15.2 Å². The van der Waals surface area contributed by atoms with Crippen LogP contribution < -0.4 is 5.73 Å². The van der Waals surface area contributed by atoms with Crippen LogP contribution in [-0.4, -0.2) is 26.3 Å². The lowest BCUT2D eigenvalue weighted by atomic mass is 9.97. The molecule has 0 aliphatic carbocycles. The molecule has 0 bridgehead atoms. The summed E-state index contributed by atoms with van der Waals surface area (Å²) in [6.07, 6.45) is 0. The topological polar surface area (TPSA) is 105 Å². The van der Waals surface area contributed by atoms with Crippen LogP contribution in [0.3, 0.4) is 0 Å². The van der Waals surface area contributed by atoms with Gasteiger partial charge in [0.2, 0.25) is 5.95 Å². The zero-order valence-electron chi connectivity index (χ0n) is 9.48. The van der Waals surface area contributed by atoms with E-state index >= 15 is 0 Å². The van der Waals surface area contributed by atoms with E-state index in [1.807, 2.05) is 13.0 Å². The Balaban J connectivity index is 2.75. The maximum absolute atomic E-state index is 11.3. The van der Waals surface area contributed by atoms with E-state index in [0.717, 1.165) is 5.56 Å². The zero-order valence-corrected chi connectivity index (χ0v) is 9.48. The lowest BCUT2D eigenvalue weighted by Gasteiger charge is -2.09. The van der Waals surface area contributed by atoms with Gasteiger partial charge in [0.1, 0.15) is 0 Å². The van der Waals surface area contributed by atoms with Crippen LogP contribution >= 0.6 is 0 Å². The number of aromatic nitrogens is 3. The van der Waals surface area contributed by atoms with Crippen molar-refractivity contribution in [2.24, 2.45) is 0 Å². The van der Waals surface area contributed by atoms with E-state index in [4.69, 9.17) is 5.73 Å². The number of carboxylic acids is 1. The number of H-pyrrole nitrogens is 1. The average molecular weight is 232 g/mol. The third kappa shape index (κ3) is 1.84. The summed E-state index contributed by atoms with van der Waals surface area (Å²) in [5.41, 5.74) is 7.67. The van der Waals surface area contributed by atoms with Crippen molar-refractivity contribution in [3.05, 3.63) is 28.8 Å². The number of carboxylic acid groups (broad SMARTS) is 1. The van der Waals surface area contributed by atoms with Crippen LogP contribution in [0.2, 0.25) is 0 Å². The van der Waals surface area contributed by atoms with Gasteiger partial charge in [-0.25, -0.2) is 4.79 Å². The van der Waals surface area contributed by atoms with Crippen molar-refractivity contribution in [3.8, 4) is 11.4 Å². The van der Waals surface area contributed by atoms with Crippen molar-refractivity contribution in [1.82, 2.24) is 15.2 Å². The lowest BCUT2D eigenvalue weighted by Crippen LogP contribution is -2.05. The second-order valence-electron chi connectivity index (χ2n) is 3.80. The van der Waals surface area contributed by atoms with Crippen LogP contribution in [0.15, 0.2) is 12.1 Å². The normalized spacial score (nSPS) is 10.5. The summed E-state index contributed by atoms with van der Waals surface area (Å²) in [7, 11) is 0. The first-order chi connectivity index (χ1) is 8.00. The van der Waals surface area contributed by atoms with Gasteiger partial charge in [-0.2, -0.15) is 4.98 Å². The zero-order chi connectivity index (χ0) is 12.6. The van der Waals surface area contributed by atoms with Gasteiger partial charge in [0, 0.05) is 5.56 Å². The van der Waals surface area contributed by atoms with Gasteiger partial charge in [-0.15, -0.1) is 5.10 Å². The fourth-order valence-electron chi connectivity index (χ4n) is 1.78. The maximum Gasteiger partial charge on any atom is 0.336 e. The molecule has 0 amide bonds. The van der Waals surface area contributed by atoms with Gasteiger partial charge in [-0.05, 0) is 25.0 Å². The number of carbonyl (C=O) groups is 1. The van der Waals surface area contributed by atoms with E-state index < -0.39 is 5.97 Å². The molecular weight excluding hydrogens is 220 g/mol. The third-order valence-corrected chi connectivity index (χ3v) is 2.58. The number of rotatable bonds is 2. The Morgan fingerprint density at radius 1 is 1.35 bits per heavy atom. The predicted molar refractivity (Wildman–Crippen MR) is 62.7 cm³/mol. The number of hydrogen-bond donors (Lipinski definition) is 3. The van der Waals surface area contributed by atoms with Crippen LogP contribution in [0.5, 0.6) is 0 Å². The minimum absolute atomic E-state index is 0.0947. The SMILES string of the molecule is Cc1ccc(C)c(-c2nc(N)n[nH]2)c1C(=O)O. The number of aryl methyl sites for hydroxylation is 2. The number of anilines is 1. The minimum Gasteiger partial charge on any atom is -0.478 e. The Bertz CT molecular complexity index is 589. The first kappa shape index (κ1) is 11.1. The van der Waals surface area contributed by atoms with E-state index in [1.54, 1.807) is 13.0 Å². The Morgan fingerprint density at radius 2 is 2.00 bits per heavy atom. The summed E-state index contributed by atoms with van der Waals surface area (Å²) < 4.78 is 0. The molecule has 6 heteroatoms. The van der Waals surface area contributed by atoms with E-state index in [0.29, 0.717) is 17.0 Å². The van der Waals surface area contributed by atoms with Crippen LogP contribution in [0, 0.1) is 13.8 Å². The standard InChI is InChI=1S/C11H12N4O2/c1-5-3-4-6(2)8(10(16)17)7(5)9-13-11(12)15-14-9/h3-4H,1-2H3,(H,16,17)(H3,12,13,14,15). The Hall–Kier alpha value is -2.37. The molecule has 17 heavy (non-hydrogen) atoms. The van der Waals surface area contributed by atoms with Gasteiger partial charge in [0.25, 0.3) is 0 Å². The van der Waals surface area contributed by atoms with E-state index in [-0.39, 0.29) is 11.5 Å². The van der Waals surface area contributed by atoms with Gasteiger partial charge in [-0.3, -0.25) is 5.10 Å². The maximum atomic E-state index is 11.3. The Labute approximate surface area is 97.5 Å². The molecule has 1 aromatic heterocycles. The molecule has 6 nitrogen and oxygen atoms in total. The summed E-state index contributed by atoms with van der Waals surface area (Å²) in [4.78, 5) is 15.3. The fourth-order valence-corrected chi connectivity index (χ4v) is 1.78. The lowest BCUT2D eigenvalue weighted by molar-refractivity contribution is 0.0697. The summed E-state index contributed by atoms with van der Waals surface area (Å²) in [5.74, 6) is -0.519. The van der Waals surface area contributed by atoms with Crippen LogP contribution in [-0.2, 0) is 0 Å². The fraction of sp³-hybridized carbons (Fsp3) is 0.182. The largest absolute Gasteiger partial charge is 0.478 e. The number of nitrogens with two attached hydrogens (primary N) is 1. The molecule has 88 valence electrons. The molecule has 1 aromatic carbocycles. The Kier molecular flexibility index (Phi) is 2.55. The Morgan fingerprint density at radius 3 is 2.53 bits per heavy atom. The number of nitrogens with zero attached hydrogens (tertiary/aromatic N) is 2. The summed E-state index contributed by atoms with van der Waals surface area (Å²) in [6, 6.07) is 3.61. The number of aromatic amines is 1. The molecule has 1 heterocycles. The number of benzene rings is 1. The molecular formula is C11H12N4O2. The molecule has 0 saturated heterocycles. The van der Waals surface area contributed by atoms with E-state index in [1.165, 1.54) is 0 Å². The summed E-state index contributed by atoms with van der Waals surface area (Å²) in [6.45, 7) is 3.56. The molecule has 0 fully saturated rings. The van der Waals surface area contributed by atoms with Crippen molar-refractivity contribution in [2.45, 2.75) is 13.8 Å². The van der Waals surface area contributed by atoms with Crippen molar-refractivity contribution in [2.75, 3.05) is 5.73 Å². The molecule has 0 aliphatic rings. The number of nitrogen functional groups attached to an aromatic ring is 1. The highest BCUT2D eigenvalue weighted by atomic mass is 16.4. The average Bonchev–Trinajstić information content (AvgIpc) is 2.67. The van der Waals surface area contributed by atoms with Crippen molar-refractivity contribution in [1.29, 1.82) is 0 Å². The second kappa shape index (κ2) is 3.89.